The highest BCUT2D eigenvalue weighted by Gasteiger charge is 2.14. The maximum atomic E-state index is 13.7. The highest BCUT2D eigenvalue weighted by molar-refractivity contribution is 5.91. The molecule has 2 aromatic rings. The van der Waals surface area contributed by atoms with Crippen molar-refractivity contribution in [1.29, 1.82) is 0 Å². The summed E-state index contributed by atoms with van der Waals surface area (Å²) in [7, 11) is 0. The molecule has 2 rings (SSSR count). The Labute approximate surface area is 116 Å². The summed E-state index contributed by atoms with van der Waals surface area (Å²) in [6.07, 6.45) is 0.818. The zero-order valence-corrected chi connectivity index (χ0v) is 11.0. The summed E-state index contributed by atoms with van der Waals surface area (Å²) in [4.78, 5) is 10.8. The fourth-order valence-corrected chi connectivity index (χ4v) is 1.96. The van der Waals surface area contributed by atoms with E-state index in [-0.39, 0.29) is 5.69 Å². The number of aromatic carboxylic acids is 1. The number of hydrogen-bond acceptors (Lipinski definition) is 3. The first-order valence-electron chi connectivity index (χ1n) is 6.20. The molecule has 20 heavy (non-hydrogen) atoms. The Bertz CT molecular complexity index is 656. The summed E-state index contributed by atoms with van der Waals surface area (Å²) in [5.74, 6) is -2.15. The number of rotatable bonds is 4. The normalized spacial score (nSPS) is 10.3. The fourth-order valence-electron chi connectivity index (χ4n) is 1.96. The first kappa shape index (κ1) is 13.9. The third-order valence-electron chi connectivity index (χ3n) is 3.04. The summed E-state index contributed by atoms with van der Waals surface area (Å²) in [6.45, 7) is 2.01. The summed E-state index contributed by atoms with van der Waals surface area (Å²) in [5, 5.41) is 11.9. The SMILES string of the molecule is CCc1ccccc1Nc1cc(F)c(C(=O)O)cc1N. The third-order valence-corrected chi connectivity index (χ3v) is 3.04. The van der Waals surface area contributed by atoms with Crippen LogP contribution < -0.4 is 11.1 Å². The van der Waals surface area contributed by atoms with Gasteiger partial charge in [-0.1, -0.05) is 25.1 Å². The molecule has 0 aromatic heterocycles. The number of anilines is 3. The molecule has 0 saturated carbocycles. The van der Waals surface area contributed by atoms with Gasteiger partial charge in [-0.25, -0.2) is 9.18 Å². The maximum Gasteiger partial charge on any atom is 0.338 e. The first-order chi connectivity index (χ1) is 9.52. The molecule has 0 bridgehead atoms. The monoisotopic (exact) mass is 274 g/mol. The van der Waals surface area contributed by atoms with Crippen LogP contribution in [0, 0.1) is 5.82 Å². The lowest BCUT2D eigenvalue weighted by atomic mass is 10.1. The number of carboxylic acids is 1. The van der Waals surface area contributed by atoms with Crippen LogP contribution in [0.4, 0.5) is 21.5 Å². The van der Waals surface area contributed by atoms with Gasteiger partial charge < -0.3 is 16.2 Å². The van der Waals surface area contributed by atoms with E-state index in [9.17, 15) is 9.18 Å². The highest BCUT2D eigenvalue weighted by Crippen LogP contribution is 2.28. The Kier molecular flexibility index (Phi) is 3.89. The number of aryl methyl sites for hydroxylation is 1. The average Bonchev–Trinajstić information content (AvgIpc) is 2.42. The van der Waals surface area contributed by atoms with E-state index in [4.69, 9.17) is 10.8 Å². The van der Waals surface area contributed by atoms with E-state index in [0.717, 1.165) is 29.8 Å². The van der Waals surface area contributed by atoms with Gasteiger partial charge in [0.1, 0.15) is 5.82 Å². The molecule has 5 heteroatoms. The minimum absolute atomic E-state index is 0.190. The molecule has 0 aliphatic rings. The predicted molar refractivity (Wildman–Crippen MR) is 76.9 cm³/mol. The fraction of sp³-hybridized carbons (Fsp3) is 0.133. The van der Waals surface area contributed by atoms with Crippen molar-refractivity contribution in [2.75, 3.05) is 11.1 Å². The average molecular weight is 274 g/mol. The van der Waals surface area contributed by atoms with Gasteiger partial charge in [0.2, 0.25) is 0 Å². The van der Waals surface area contributed by atoms with Crippen LogP contribution in [0.3, 0.4) is 0 Å². The molecule has 0 atom stereocenters. The number of carboxylic acid groups (broad SMARTS) is 1. The lowest BCUT2D eigenvalue weighted by Gasteiger charge is -2.13. The smallest absolute Gasteiger partial charge is 0.338 e. The summed E-state index contributed by atoms with van der Waals surface area (Å²) < 4.78 is 13.7. The molecule has 0 saturated heterocycles. The molecule has 0 amide bonds. The molecule has 0 aliphatic carbocycles. The second kappa shape index (κ2) is 5.61. The molecule has 0 aliphatic heterocycles. The molecule has 0 radical (unpaired) electrons. The van der Waals surface area contributed by atoms with Crippen LogP contribution in [0.1, 0.15) is 22.8 Å². The van der Waals surface area contributed by atoms with Gasteiger partial charge in [0, 0.05) is 11.8 Å². The quantitative estimate of drug-likeness (QED) is 0.747. The molecular formula is C15H15FN2O2. The van der Waals surface area contributed by atoms with Crippen molar-refractivity contribution in [2.45, 2.75) is 13.3 Å². The number of halogens is 1. The minimum Gasteiger partial charge on any atom is -0.478 e. The molecule has 4 N–H and O–H groups in total. The topological polar surface area (TPSA) is 75.3 Å². The molecule has 0 spiro atoms. The molecule has 0 fully saturated rings. The maximum absolute atomic E-state index is 13.7. The lowest BCUT2D eigenvalue weighted by molar-refractivity contribution is 0.0692. The van der Waals surface area contributed by atoms with Crippen molar-refractivity contribution in [1.82, 2.24) is 0 Å². The van der Waals surface area contributed by atoms with Gasteiger partial charge in [-0.2, -0.15) is 0 Å². The Hall–Kier alpha value is -2.56. The van der Waals surface area contributed by atoms with Gasteiger partial charge >= 0.3 is 5.97 Å². The van der Waals surface area contributed by atoms with Gasteiger partial charge in [0.15, 0.2) is 0 Å². The van der Waals surface area contributed by atoms with E-state index in [2.05, 4.69) is 5.32 Å². The number of benzene rings is 2. The van der Waals surface area contributed by atoms with Crippen molar-refractivity contribution < 1.29 is 14.3 Å². The van der Waals surface area contributed by atoms with E-state index in [1.54, 1.807) is 0 Å². The van der Waals surface area contributed by atoms with Crippen molar-refractivity contribution in [3.05, 3.63) is 53.3 Å². The largest absolute Gasteiger partial charge is 0.478 e. The van der Waals surface area contributed by atoms with Crippen molar-refractivity contribution in [3.8, 4) is 0 Å². The van der Waals surface area contributed by atoms with E-state index < -0.39 is 17.3 Å². The zero-order chi connectivity index (χ0) is 14.7. The molecular weight excluding hydrogens is 259 g/mol. The molecule has 2 aromatic carbocycles. The Morgan fingerprint density at radius 1 is 1.30 bits per heavy atom. The number of hydrogen-bond donors (Lipinski definition) is 3. The molecule has 104 valence electrons. The number of nitrogen functional groups attached to an aromatic ring is 1. The Balaban J connectivity index is 2.39. The van der Waals surface area contributed by atoms with Crippen LogP contribution in [0.15, 0.2) is 36.4 Å². The summed E-state index contributed by atoms with van der Waals surface area (Å²) >= 11 is 0. The van der Waals surface area contributed by atoms with Crippen molar-refractivity contribution in [3.63, 3.8) is 0 Å². The first-order valence-corrected chi connectivity index (χ1v) is 6.20. The molecule has 0 unspecified atom stereocenters. The molecule has 0 heterocycles. The van der Waals surface area contributed by atoms with Crippen LogP contribution in [0.25, 0.3) is 0 Å². The highest BCUT2D eigenvalue weighted by atomic mass is 19.1. The second-order valence-electron chi connectivity index (χ2n) is 4.36. The van der Waals surface area contributed by atoms with Crippen LogP contribution >= 0.6 is 0 Å². The lowest BCUT2D eigenvalue weighted by Crippen LogP contribution is -2.05. The standard InChI is InChI=1S/C15H15FN2O2/c1-2-9-5-3-4-6-13(9)18-14-8-11(16)10(15(19)20)7-12(14)17/h3-8,18H,2,17H2,1H3,(H,19,20). The van der Waals surface area contributed by atoms with Gasteiger partial charge in [-0.3, -0.25) is 0 Å². The summed E-state index contributed by atoms with van der Waals surface area (Å²) in [5.41, 5.74) is 7.77. The van der Waals surface area contributed by atoms with Crippen LogP contribution in [0.5, 0.6) is 0 Å². The number of para-hydroxylation sites is 1. The van der Waals surface area contributed by atoms with Gasteiger partial charge in [0.05, 0.1) is 16.9 Å². The van der Waals surface area contributed by atoms with Crippen molar-refractivity contribution >= 4 is 23.0 Å². The zero-order valence-electron chi connectivity index (χ0n) is 11.0. The third kappa shape index (κ3) is 2.71. The van der Waals surface area contributed by atoms with E-state index in [0.29, 0.717) is 5.69 Å². The van der Waals surface area contributed by atoms with Crippen LogP contribution in [-0.4, -0.2) is 11.1 Å². The molecule has 4 nitrogen and oxygen atoms in total. The predicted octanol–water partition coefficient (Wildman–Crippen LogP) is 3.41. The van der Waals surface area contributed by atoms with E-state index in [1.165, 1.54) is 0 Å². The number of nitrogens with two attached hydrogens (primary N) is 1. The summed E-state index contributed by atoms with van der Waals surface area (Å²) in [6, 6.07) is 9.82. The van der Waals surface area contributed by atoms with E-state index in [1.807, 2.05) is 31.2 Å². The Morgan fingerprint density at radius 3 is 2.65 bits per heavy atom. The second-order valence-corrected chi connectivity index (χ2v) is 4.36. The number of carbonyl (C=O) groups is 1. The number of nitrogens with one attached hydrogen (secondary N) is 1. The van der Waals surface area contributed by atoms with Crippen LogP contribution in [-0.2, 0) is 6.42 Å². The van der Waals surface area contributed by atoms with E-state index >= 15 is 0 Å². The van der Waals surface area contributed by atoms with Crippen LogP contribution in [0.2, 0.25) is 0 Å². The van der Waals surface area contributed by atoms with Crippen molar-refractivity contribution in [2.24, 2.45) is 0 Å². The minimum atomic E-state index is -1.34. The van der Waals surface area contributed by atoms with Gasteiger partial charge in [-0.05, 0) is 24.1 Å². The Morgan fingerprint density at radius 2 is 2.00 bits per heavy atom. The van der Waals surface area contributed by atoms with Gasteiger partial charge in [-0.15, -0.1) is 0 Å². The van der Waals surface area contributed by atoms with Gasteiger partial charge in [0.25, 0.3) is 0 Å².